The molecule has 3 aromatic heterocycles. The molecule has 0 radical (unpaired) electrons. The van der Waals surface area contributed by atoms with E-state index in [1.807, 2.05) is 13.1 Å². The average Bonchev–Trinajstić information content (AvgIpc) is 3.19. The number of aromatic nitrogens is 5. The molecule has 4 rings (SSSR count). The Morgan fingerprint density at radius 3 is 2.87 bits per heavy atom. The number of hydrogen-bond acceptors (Lipinski definition) is 6. The van der Waals surface area contributed by atoms with E-state index in [9.17, 15) is 4.39 Å². The Morgan fingerprint density at radius 1 is 1.13 bits per heavy atom. The first-order valence-electron chi connectivity index (χ1n) is 6.74. The molecule has 3 heterocycles. The maximum atomic E-state index is 13.8. The van der Waals surface area contributed by atoms with Gasteiger partial charge in [-0.15, -0.1) is 10.2 Å². The minimum Gasteiger partial charge on any atom is -0.461 e. The average molecular weight is 327 g/mol. The predicted octanol–water partition coefficient (Wildman–Crippen LogP) is 3.31. The Morgan fingerprint density at radius 2 is 2.04 bits per heavy atom. The summed E-state index contributed by atoms with van der Waals surface area (Å²) < 4.78 is 21.0. The van der Waals surface area contributed by atoms with Crippen LogP contribution in [0.5, 0.6) is 0 Å². The van der Waals surface area contributed by atoms with E-state index >= 15 is 0 Å². The standard InChI is InChI=1S/C15H10FN5OS/c1-21-13(11-6-3-7-22-11)19-20-15(21)23-14-9-4-2-5-10(16)12(9)17-8-18-14/h2-8H,1H3. The molecule has 0 unspecified atom stereocenters. The van der Waals surface area contributed by atoms with Crippen molar-refractivity contribution >= 4 is 22.7 Å². The molecule has 0 amide bonds. The van der Waals surface area contributed by atoms with E-state index < -0.39 is 0 Å². The van der Waals surface area contributed by atoms with Crippen LogP contribution in [0.4, 0.5) is 4.39 Å². The van der Waals surface area contributed by atoms with Crippen molar-refractivity contribution in [2.45, 2.75) is 10.2 Å². The third-order valence-electron chi connectivity index (χ3n) is 3.34. The molecule has 0 N–H and O–H groups in total. The SMILES string of the molecule is Cn1c(Sc2ncnc3c(F)cccc23)nnc1-c1ccco1. The zero-order valence-electron chi connectivity index (χ0n) is 12.0. The van der Waals surface area contributed by atoms with Gasteiger partial charge < -0.3 is 8.98 Å². The van der Waals surface area contributed by atoms with Crippen molar-refractivity contribution in [3.63, 3.8) is 0 Å². The molecule has 0 aliphatic heterocycles. The number of para-hydroxylation sites is 1. The third-order valence-corrected chi connectivity index (χ3v) is 4.40. The Labute approximate surface area is 134 Å². The van der Waals surface area contributed by atoms with Crippen LogP contribution in [0.2, 0.25) is 0 Å². The summed E-state index contributed by atoms with van der Waals surface area (Å²) in [6.07, 6.45) is 2.93. The summed E-state index contributed by atoms with van der Waals surface area (Å²) in [5.41, 5.74) is 0.290. The number of fused-ring (bicyclic) bond motifs is 1. The van der Waals surface area contributed by atoms with Crippen molar-refractivity contribution in [3.8, 4) is 11.6 Å². The molecule has 0 atom stereocenters. The summed E-state index contributed by atoms with van der Waals surface area (Å²) in [5, 5.41) is 10.2. The predicted molar refractivity (Wildman–Crippen MR) is 82.3 cm³/mol. The third kappa shape index (κ3) is 2.36. The maximum absolute atomic E-state index is 13.8. The van der Waals surface area contributed by atoms with Crippen LogP contribution in [0.3, 0.4) is 0 Å². The smallest absolute Gasteiger partial charge is 0.200 e. The minimum atomic E-state index is -0.374. The molecular formula is C15H10FN5OS. The van der Waals surface area contributed by atoms with Crippen LogP contribution in [0.1, 0.15) is 0 Å². The van der Waals surface area contributed by atoms with Crippen LogP contribution >= 0.6 is 11.8 Å². The second-order valence-corrected chi connectivity index (χ2v) is 5.72. The summed E-state index contributed by atoms with van der Waals surface area (Å²) in [4.78, 5) is 8.23. The molecule has 0 bridgehead atoms. The van der Waals surface area contributed by atoms with Gasteiger partial charge in [-0.25, -0.2) is 14.4 Å². The Kier molecular flexibility index (Phi) is 3.30. The Balaban J connectivity index is 1.76. The van der Waals surface area contributed by atoms with Crippen LogP contribution in [0.15, 0.2) is 57.5 Å². The first kappa shape index (κ1) is 13.9. The minimum absolute atomic E-state index is 0.290. The molecule has 0 spiro atoms. The fourth-order valence-corrected chi connectivity index (χ4v) is 3.07. The van der Waals surface area contributed by atoms with Crippen molar-refractivity contribution in [1.29, 1.82) is 0 Å². The largest absolute Gasteiger partial charge is 0.461 e. The number of benzene rings is 1. The van der Waals surface area contributed by atoms with Gasteiger partial charge in [-0.2, -0.15) is 0 Å². The number of halogens is 1. The van der Waals surface area contributed by atoms with Gasteiger partial charge in [-0.05, 0) is 36.0 Å². The van der Waals surface area contributed by atoms with Gasteiger partial charge in [0.25, 0.3) is 0 Å². The van der Waals surface area contributed by atoms with Gasteiger partial charge in [-0.3, -0.25) is 0 Å². The van der Waals surface area contributed by atoms with Gasteiger partial charge >= 0.3 is 0 Å². The maximum Gasteiger partial charge on any atom is 0.200 e. The van der Waals surface area contributed by atoms with E-state index in [1.54, 1.807) is 29.0 Å². The van der Waals surface area contributed by atoms with Crippen molar-refractivity contribution in [2.75, 3.05) is 0 Å². The van der Waals surface area contributed by atoms with E-state index in [0.717, 1.165) is 0 Å². The van der Waals surface area contributed by atoms with Gasteiger partial charge in [0.2, 0.25) is 0 Å². The zero-order chi connectivity index (χ0) is 15.8. The van der Waals surface area contributed by atoms with Crippen LogP contribution in [-0.2, 0) is 7.05 Å². The molecule has 0 fully saturated rings. The van der Waals surface area contributed by atoms with Crippen LogP contribution < -0.4 is 0 Å². The molecule has 0 saturated heterocycles. The van der Waals surface area contributed by atoms with E-state index in [-0.39, 0.29) is 5.82 Å². The lowest BCUT2D eigenvalue weighted by Crippen LogP contribution is -1.95. The second-order valence-electron chi connectivity index (χ2n) is 4.76. The molecule has 4 aromatic rings. The van der Waals surface area contributed by atoms with E-state index in [4.69, 9.17) is 4.42 Å². The number of furan rings is 1. The van der Waals surface area contributed by atoms with Crippen LogP contribution in [0.25, 0.3) is 22.5 Å². The van der Waals surface area contributed by atoms with Gasteiger partial charge in [0.1, 0.15) is 22.7 Å². The molecule has 0 saturated carbocycles. The lowest BCUT2D eigenvalue weighted by Gasteiger charge is -2.05. The summed E-state index contributed by atoms with van der Waals surface area (Å²) >= 11 is 1.30. The first-order chi connectivity index (χ1) is 11.2. The van der Waals surface area contributed by atoms with Crippen LogP contribution in [-0.4, -0.2) is 24.7 Å². The summed E-state index contributed by atoms with van der Waals surface area (Å²) in [5.74, 6) is 0.869. The fraction of sp³-hybridized carbons (Fsp3) is 0.0667. The Hall–Kier alpha value is -2.74. The molecule has 114 valence electrons. The topological polar surface area (TPSA) is 69.6 Å². The zero-order valence-corrected chi connectivity index (χ0v) is 12.8. The summed E-state index contributed by atoms with van der Waals surface area (Å²) in [7, 11) is 1.84. The monoisotopic (exact) mass is 327 g/mol. The van der Waals surface area contributed by atoms with Gasteiger partial charge in [0.15, 0.2) is 16.7 Å². The molecule has 1 aromatic carbocycles. The highest BCUT2D eigenvalue weighted by atomic mass is 32.2. The highest BCUT2D eigenvalue weighted by molar-refractivity contribution is 7.99. The molecular weight excluding hydrogens is 317 g/mol. The molecule has 23 heavy (non-hydrogen) atoms. The lowest BCUT2D eigenvalue weighted by molar-refractivity contribution is 0.572. The molecule has 0 aliphatic rings. The van der Waals surface area contributed by atoms with E-state index in [0.29, 0.717) is 32.7 Å². The van der Waals surface area contributed by atoms with Crippen molar-refractivity contribution in [1.82, 2.24) is 24.7 Å². The Bertz CT molecular complexity index is 983. The first-order valence-corrected chi connectivity index (χ1v) is 7.56. The van der Waals surface area contributed by atoms with Crippen molar-refractivity contribution in [2.24, 2.45) is 7.05 Å². The van der Waals surface area contributed by atoms with Crippen molar-refractivity contribution in [3.05, 3.63) is 48.7 Å². The second kappa shape index (κ2) is 5.47. The van der Waals surface area contributed by atoms with Gasteiger partial charge in [0, 0.05) is 12.4 Å². The summed E-state index contributed by atoms with van der Waals surface area (Å²) in [6.45, 7) is 0. The highest BCUT2D eigenvalue weighted by Crippen LogP contribution is 2.32. The number of rotatable bonds is 3. The van der Waals surface area contributed by atoms with Gasteiger partial charge in [0.05, 0.1) is 6.26 Å². The molecule has 0 aliphatic carbocycles. The quantitative estimate of drug-likeness (QED) is 0.538. The van der Waals surface area contributed by atoms with Crippen LogP contribution in [0, 0.1) is 5.82 Å². The lowest BCUT2D eigenvalue weighted by atomic mass is 10.2. The fourth-order valence-electron chi connectivity index (χ4n) is 2.22. The number of nitrogens with zero attached hydrogens (tertiary/aromatic N) is 5. The van der Waals surface area contributed by atoms with E-state index in [2.05, 4.69) is 20.2 Å². The van der Waals surface area contributed by atoms with Gasteiger partial charge in [-0.1, -0.05) is 6.07 Å². The highest BCUT2D eigenvalue weighted by Gasteiger charge is 2.16. The number of hydrogen-bond donors (Lipinski definition) is 0. The normalized spacial score (nSPS) is 11.2. The molecule has 6 nitrogen and oxygen atoms in total. The summed E-state index contributed by atoms with van der Waals surface area (Å²) in [6, 6.07) is 8.40. The van der Waals surface area contributed by atoms with E-state index in [1.165, 1.54) is 24.2 Å². The van der Waals surface area contributed by atoms with Crippen molar-refractivity contribution < 1.29 is 8.81 Å². The molecule has 8 heteroatoms.